The number of fused-ring (bicyclic) bond motifs is 5. The minimum Gasteiger partial charge on any atom is -0.412 e. The van der Waals surface area contributed by atoms with Crippen LogP contribution in [-0.4, -0.2) is 22.5 Å². The van der Waals surface area contributed by atoms with Crippen molar-refractivity contribution in [3.8, 4) is 0 Å². The van der Waals surface area contributed by atoms with Crippen molar-refractivity contribution in [2.24, 2.45) is 28.6 Å². The number of hydrogen-bond donors (Lipinski definition) is 1. The van der Waals surface area contributed by atoms with Crippen molar-refractivity contribution in [3.05, 3.63) is 23.3 Å². The Bertz CT molecular complexity index is 590. The summed E-state index contributed by atoms with van der Waals surface area (Å²) in [5.74, 6) is 2.17. The van der Waals surface area contributed by atoms with Gasteiger partial charge in [0.15, 0.2) is 5.78 Å². The fourth-order valence-electron chi connectivity index (χ4n) is 6.19. The predicted molar refractivity (Wildman–Crippen MR) is 90.9 cm³/mol. The number of carbonyl (C=O) groups is 1. The van der Waals surface area contributed by atoms with Crippen molar-refractivity contribution in [3.63, 3.8) is 0 Å². The molecule has 0 saturated heterocycles. The predicted octanol–water partition coefficient (Wildman–Crippen LogP) is 3.22. The number of allylic oxidation sites excluding steroid dienone is 2. The van der Waals surface area contributed by atoms with Crippen molar-refractivity contribution >= 4 is 5.78 Å². The fraction of sp³-hybridized carbons (Fsp3) is 0.750. The summed E-state index contributed by atoms with van der Waals surface area (Å²) in [4.78, 5) is 11.9. The average molecular weight is 318 g/mol. The van der Waals surface area contributed by atoms with Gasteiger partial charge in [-0.1, -0.05) is 38.0 Å². The Morgan fingerprint density at radius 2 is 1.96 bits per heavy atom. The van der Waals surface area contributed by atoms with Gasteiger partial charge in [0, 0.05) is 11.8 Å². The largest absolute Gasteiger partial charge is 0.412 e. The zero-order valence-corrected chi connectivity index (χ0v) is 14.6. The van der Waals surface area contributed by atoms with E-state index in [0.717, 1.165) is 32.1 Å². The maximum Gasteiger partial charge on any atom is 0.155 e. The molecule has 0 aliphatic heterocycles. The standard InChI is InChI=1S/C20H28O2.H2O/c1-12-10-13-11-14(21)6-8-19(13,2)16-7-9-20(3)15(18(12)16)4-5-17(20)22;/h4,11-12,16-18,22H,5-10H2,1-3H3;1H2/t12-,16-,17-,18-,19-,20-;/m0./s1. The molecule has 4 aliphatic rings. The maximum absolute atomic E-state index is 11.9. The van der Waals surface area contributed by atoms with E-state index in [0.29, 0.717) is 23.5 Å². The Balaban J connectivity index is 0.00000156. The summed E-state index contributed by atoms with van der Waals surface area (Å²) in [7, 11) is 0. The molecule has 2 fully saturated rings. The van der Waals surface area contributed by atoms with E-state index in [2.05, 4.69) is 26.8 Å². The molecule has 6 atom stereocenters. The smallest absolute Gasteiger partial charge is 0.155 e. The van der Waals surface area contributed by atoms with Gasteiger partial charge in [-0.25, -0.2) is 0 Å². The van der Waals surface area contributed by atoms with Crippen LogP contribution in [0.4, 0.5) is 0 Å². The number of carbonyl (C=O) groups excluding carboxylic acids is 1. The molecule has 2 saturated carbocycles. The van der Waals surface area contributed by atoms with Crippen molar-refractivity contribution in [2.45, 2.75) is 65.4 Å². The number of rotatable bonds is 0. The topological polar surface area (TPSA) is 68.8 Å². The molecule has 0 heterocycles. The molecule has 3 heteroatoms. The van der Waals surface area contributed by atoms with Crippen LogP contribution in [0, 0.1) is 28.6 Å². The van der Waals surface area contributed by atoms with E-state index in [1.807, 2.05) is 6.08 Å². The van der Waals surface area contributed by atoms with Crippen LogP contribution in [0.25, 0.3) is 0 Å². The second kappa shape index (κ2) is 5.29. The van der Waals surface area contributed by atoms with E-state index in [1.165, 1.54) is 12.0 Å². The Kier molecular flexibility index (Phi) is 3.89. The number of ketones is 1. The van der Waals surface area contributed by atoms with Gasteiger partial charge in [0.25, 0.3) is 0 Å². The van der Waals surface area contributed by atoms with Gasteiger partial charge in [-0.3, -0.25) is 4.79 Å². The normalized spacial score (nSPS) is 48.4. The van der Waals surface area contributed by atoms with Gasteiger partial charge in [0.05, 0.1) is 6.10 Å². The summed E-state index contributed by atoms with van der Waals surface area (Å²) in [6.45, 7) is 7.04. The van der Waals surface area contributed by atoms with Crippen molar-refractivity contribution < 1.29 is 15.4 Å². The minimum absolute atomic E-state index is 0. The van der Waals surface area contributed by atoms with Crippen molar-refractivity contribution in [1.82, 2.24) is 0 Å². The van der Waals surface area contributed by atoms with Gasteiger partial charge in [0.2, 0.25) is 0 Å². The van der Waals surface area contributed by atoms with Crippen LogP contribution in [0.5, 0.6) is 0 Å². The molecule has 0 aromatic heterocycles. The first-order valence-corrected chi connectivity index (χ1v) is 8.99. The Labute approximate surface area is 139 Å². The lowest BCUT2D eigenvalue weighted by Crippen LogP contribution is -2.51. The maximum atomic E-state index is 11.9. The van der Waals surface area contributed by atoms with Gasteiger partial charge in [-0.15, -0.1) is 0 Å². The van der Waals surface area contributed by atoms with E-state index in [1.54, 1.807) is 5.57 Å². The highest BCUT2D eigenvalue weighted by molar-refractivity contribution is 5.91. The molecule has 0 spiro atoms. The first-order valence-electron chi connectivity index (χ1n) is 8.99. The lowest BCUT2D eigenvalue weighted by molar-refractivity contribution is -0.116. The van der Waals surface area contributed by atoms with E-state index in [-0.39, 0.29) is 22.4 Å². The lowest BCUT2D eigenvalue weighted by Gasteiger charge is -2.58. The molecule has 0 unspecified atom stereocenters. The van der Waals surface area contributed by atoms with Crippen LogP contribution in [0.3, 0.4) is 0 Å². The van der Waals surface area contributed by atoms with Gasteiger partial charge >= 0.3 is 0 Å². The zero-order valence-electron chi connectivity index (χ0n) is 14.6. The molecule has 0 radical (unpaired) electrons. The van der Waals surface area contributed by atoms with Crippen LogP contribution < -0.4 is 0 Å². The Morgan fingerprint density at radius 1 is 1.22 bits per heavy atom. The van der Waals surface area contributed by atoms with Crippen LogP contribution in [0.15, 0.2) is 23.3 Å². The number of aliphatic hydroxyl groups excluding tert-OH is 1. The van der Waals surface area contributed by atoms with Crippen LogP contribution in [0.2, 0.25) is 0 Å². The molecular weight excluding hydrogens is 288 g/mol. The monoisotopic (exact) mass is 318 g/mol. The molecule has 3 nitrogen and oxygen atoms in total. The van der Waals surface area contributed by atoms with E-state index in [4.69, 9.17) is 0 Å². The highest BCUT2D eigenvalue weighted by Gasteiger charge is 2.57. The second-order valence-electron chi connectivity index (χ2n) is 8.73. The highest BCUT2D eigenvalue weighted by atomic mass is 16.3. The SMILES string of the molecule is C[C@H]1CC2=CC(=O)CC[C@]2(C)[C@H]2CC[C@@]3(C)C(=CC[C@@H]3O)[C@H]12.O. The number of aliphatic hydroxyl groups is 1. The molecular formula is C20H30O3. The quantitative estimate of drug-likeness (QED) is 0.697. The summed E-state index contributed by atoms with van der Waals surface area (Å²) in [6, 6.07) is 0. The molecule has 4 rings (SSSR count). The van der Waals surface area contributed by atoms with Crippen LogP contribution in [0.1, 0.15) is 59.3 Å². The first-order chi connectivity index (χ1) is 10.4. The second-order valence-corrected chi connectivity index (χ2v) is 8.73. The Hall–Kier alpha value is -0.930. The van der Waals surface area contributed by atoms with Crippen molar-refractivity contribution in [1.29, 1.82) is 0 Å². The number of hydrogen-bond acceptors (Lipinski definition) is 2. The summed E-state index contributed by atoms with van der Waals surface area (Å²) < 4.78 is 0. The van der Waals surface area contributed by atoms with Crippen molar-refractivity contribution in [2.75, 3.05) is 0 Å². The summed E-state index contributed by atoms with van der Waals surface area (Å²) in [5, 5.41) is 10.5. The van der Waals surface area contributed by atoms with E-state index in [9.17, 15) is 9.90 Å². The third-order valence-corrected chi connectivity index (χ3v) is 7.66. The molecule has 23 heavy (non-hydrogen) atoms. The molecule has 0 aromatic carbocycles. The van der Waals surface area contributed by atoms with Gasteiger partial charge < -0.3 is 10.6 Å². The average Bonchev–Trinajstić information content (AvgIpc) is 2.77. The molecule has 0 bridgehead atoms. The Morgan fingerprint density at radius 3 is 2.70 bits per heavy atom. The van der Waals surface area contributed by atoms with Crippen LogP contribution in [-0.2, 0) is 4.79 Å². The molecule has 4 aliphatic carbocycles. The van der Waals surface area contributed by atoms with Gasteiger partial charge in [0.1, 0.15) is 0 Å². The third kappa shape index (κ3) is 2.12. The van der Waals surface area contributed by atoms with Gasteiger partial charge in [-0.05, 0) is 61.3 Å². The first kappa shape index (κ1) is 16.9. The summed E-state index contributed by atoms with van der Waals surface area (Å²) in [5.41, 5.74) is 3.18. The van der Waals surface area contributed by atoms with E-state index >= 15 is 0 Å². The lowest BCUT2D eigenvalue weighted by atomic mass is 9.46. The summed E-state index contributed by atoms with van der Waals surface area (Å²) in [6.07, 6.45) is 10.1. The van der Waals surface area contributed by atoms with Crippen LogP contribution >= 0.6 is 0 Å². The zero-order chi connectivity index (χ0) is 15.7. The highest BCUT2D eigenvalue weighted by Crippen LogP contribution is 2.64. The molecule has 3 N–H and O–H groups in total. The summed E-state index contributed by atoms with van der Waals surface area (Å²) >= 11 is 0. The third-order valence-electron chi connectivity index (χ3n) is 7.66. The van der Waals surface area contributed by atoms with E-state index < -0.39 is 0 Å². The molecule has 0 aromatic rings. The molecule has 0 amide bonds. The fourth-order valence-corrected chi connectivity index (χ4v) is 6.19. The van der Waals surface area contributed by atoms with Gasteiger partial charge in [-0.2, -0.15) is 0 Å². The molecule has 128 valence electrons. The minimum atomic E-state index is -0.187.